The van der Waals surface area contributed by atoms with Crippen LogP contribution in [0.3, 0.4) is 0 Å². The molecule has 1 atom stereocenters. The van der Waals surface area contributed by atoms with E-state index in [0.29, 0.717) is 6.42 Å². The van der Waals surface area contributed by atoms with Crippen molar-refractivity contribution in [2.24, 2.45) is 0 Å². The number of allylic oxidation sites excluding steroid dienone is 2. The van der Waals surface area contributed by atoms with Crippen molar-refractivity contribution >= 4 is 11.8 Å². The Bertz CT molecular complexity index is 439. The summed E-state index contributed by atoms with van der Waals surface area (Å²) in [6.07, 6.45) is 6.47. The number of benzene rings is 1. The van der Waals surface area contributed by atoms with E-state index in [4.69, 9.17) is 11.8 Å². The van der Waals surface area contributed by atoms with Gasteiger partial charge in [-0.15, -0.1) is 0 Å². The maximum Gasteiger partial charge on any atom is 0.123 e. The van der Waals surface area contributed by atoms with Gasteiger partial charge in [-0.2, -0.15) is 0 Å². The van der Waals surface area contributed by atoms with Crippen LogP contribution in [-0.2, 0) is 6.42 Å². The lowest BCUT2D eigenvalue weighted by atomic mass is 9.98. The topological polar surface area (TPSA) is 3.24 Å². The molecule has 0 saturated heterocycles. The van der Waals surface area contributed by atoms with Gasteiger partial charge >= 0.3 is 0 Å². The summed E-state index contributed by atoms with van der Waals surface area (Å²) in [6.45, 7) is 2.03. The Kier molecular flexibility index (Phi) is 3.30. The molecule has 2 rings (SSSR count). The average Bonchev–Trinajstić information content (AvgIpc) is 2.24. The fourth-order valence-electron chi connectivity index (χ4n) is 1.82. The normalized spacial score (nSPS) is 19.8. The van der Waals surface area contributed by atoms with Gasteiger partial charge in [-0.1, -0.05) is 18.2 Å². The zero-order valence-electron chi connectivity index (χ0n) is 9.03. The lowest BCUT2D eigenvalue weighted by Gasteiger charge is -2.27. The molecule has 0 N–H and O–H groups in total. The molecule has 0 saturated carbocycles. The highest BCUT2D eigenvalue weighted by molar-refractivity contribution is 6.14. The first-order valence-electron chi connectivity index (χ1n) is 5.20. The molecule has 1 unspecified atom stereocenters. The summed E-state index contributed by atoms with van der Waals surface area (Å²) >= 11 is 6.08. The van der Waals surface area contributed by atoms with E-state index in [9.17, 15) is 4.39 Å². The first kappa shape index (κ1) is 11.2. The predicted molar refractivity (Wildman–Crippen MR) is 64.5 cm³/mol. The number of halogens is 2. The predicted octanol–water partition coefficient (Wildman–Crippen LogP) is 3.67. The molecule has 3 heteroatoms. The molecule has 1 aliphatic heterocycles. The highest BCUT2D eigenvalue weighted by atomic mass is 35.5. The zero-order chi connectivity index (χ0) is 11.5. The standard InChI is InChI=1S/C13H13ClFN/c1-10-4-3-7-16(14)13(10)9-11-5-2-6-12(15)8-11/h2-8,13H,9H2,1H3. The third-order valence-electron chi connectivity index (χ3n) is 2.73. The maximum atomic E-state index is 13.0. The van der Waals surface area contributed by atoms with Crippen LogP contribution >= 0.6 is 11.8 Å². The van der Waals surface area contributed by atoms with Gasteiger partial charge < -0.3 is 0 Å². The molecule has 0 bridgehead atoms. The van der Waals surface area contributed by atoms with Gasteiger partial charge in [-0.05, 0) is 42.7 Å². The van der Waals surface area contributed by atoms with Gasteiger partial charge in [-0.3, -0.25) is 4.42 Å². The molecule has 1 aromatic rings. The lowest BCUT2D eigenvalue weighted by molar-refractivity contribution is 0.470. The van der Waals surface area contributed by atoms with Crippen LogP contribution in [0.5, 0.6) is 0 Å². The van der Waals surface area contributed by atoms with Gasteiger partial charge in [0, 0.05) is 18.0 Å². The van der Waals surface area contributed by atoms with Crippen molar-refractivity contribution in [1.29, 1.82) is 0 Å². The van der Waals surface area contributed by atoms with E-state index >= 15 is 0 Å². The first-order valence-corrected chi connectivity index (χ1v) is 5.54. The SMILES string of the molecule is CC1=CC=CN(Cl)C1Cc1cccc(F)c1. The van der Waals surface area contributed by atoms with Crippen LogP contribution in [0.25, 0.3) is 0 Å². The molecular weight excluding hydrogens is 225 g/mol. The molecule has 0 radical (unpaired) electrons. The van der Waals surface area contributed by atoms with Gasteiger partial charge in [0.2, 0.25) is 0 Å². The van der Waals surface area contributed by atoms with Gasteiger partial charge in [-0.25, -0.2) is 4.39 Å². The summed E-state index contributed by atoms with van der Waals surface area (Å²) in [4.78, 5) is 0. The number of hydrogen-bond acceptors (Lipinski definition) is 1. The van der Waals surface area contributed by atoms with E-state index in [1.807, 2.05) is 31.3 Å². The minimum Gasteiger partial charge on any atom is -0.285 e. The second kappa shape index (κ2) is 4.71. The Morgan fingerprint density at radius 3 is 2.94 bits per heavy atom. The summed E-state index contributed by atoms with van der Waals surface area (Å²) in [6, 6.07) is 6.75. The second-order valence-electron chi connectivity index (χ2n) is 3.95. The minimum absolute atomic E-state index is 0.105. The Hall–Kier alpha value is -1.28. The molecule has 16 heavy (non-hydrogen) atoms. The van der Waals surface area contributed by atoms with Crippen molar-refractivity contribution in [3.63, 3.8) is 0 Å². The number of hydrogen-bond donors (Lipinski definition) is 0. The molecule has 0 amide bonds. The Morgan fingerprint density at radius 2 is 2.25 bits per heavy atom. The summed E-state index contributed by atoms with van der Waals surface area (Å²) in [5.41, 5.74) is 2.14. The van der Waals surface area contributed by atoms with Crippen molar-refractivity contribution < 1.29 is 4.39 Å². The molecule has 0 spiro atoms. The van der Waals surface area contributed by atoms with Gasteiger partial charge in [0.15, 0.2) is 0 Å². The average molecular weight is 238 g/mol. The number of rotatable bonds is 2. The minimum atomic E-state index is -0.202. The Morgan fingerprint density at radius 1 is 1.44 bits per heavy atom. The van der Waals surface area contributed by atoms with Crippen LogP contribution in [0, 0.1) is 5.82 Å². The molecule has 1 heterocycles. The molecule has 84 valence electrons. The molecule has 1 aliphatic rings. The van der Waals surface area contributed by atoms with Crippen LogP contribution in [-0.4, -0.2) is 10.5 Å². The van der Waals surface area contributed by atoms with E-state index in [-0.39, 0.29) is 11.9 Å². The highest BCUT2D eigenvalue weighted by Gasteiger charge is 2.18. The van der Waals surface area contributed by atoms with Gasteiger partial charge in [0.25, 0.3) is 0 Å². The Labute approximate surface area is 99.9 Å². The molecule has 1 nitrogen and oxygen atoms in total. The van der Waals surface area contributed by atoms with Crippen molar-refractivity contribution in [1.82, 2.24) is 4.42 Å². The van der Waals surface area contributed by atoms with E-state index in [1.54, 1.807) is 16.6 Å². The van der Waals surface area contributed by atoms with E-state index in [2.05, 4.69) is 0 Å². The van der Waals surface area contributed by atoms with Crippen LogP contribution in [0.1, 0.15) is 12.5 Å². The highest BCUT2D eigenvalue weighted by Crippen LogP contribution is 2.22. The molecule has 0 aliphatic carbocycles. The summed E-state index contributed by atoms with van der Waals surface area (Å²) in [5.74, 6) is -0.202. The maximum absolute atomic E-state index is 13.0. The summed E-state index contributed by atoms with van der Waals surface area (Å²) in [5, 5.41) is 0. The fraction of sp³-hybridized carbons (Fsp3) is 0.231. The monoisotopic (exact) mass is 237 g/mol. The van der Waals surface area contributed by atoms with E-state index in [1.165, 1.54) is 11.6 Å². The van der Waals surface area contributed by atoms with Gasteiger partial charge in [0.1, 0.15) is 5.82 Å². The smallest absolute Gasteiger partial charge is 0.123 e. The fourth-order valence-corrected chi connectivity index (χ4v) is 2.11. The van der Waals surface area contributed by atoms with Crippen LogP contribution in [0.2, 0.25) is 0 Å². The van der Waals surface area contributed by atoms with E-state index in [0.717, 1.165) is 5.56 Å². The van der Waals surface area contributed by atoms with Crippen LogP contribution in [0.4, 0.5) is 4.39 Å². The van der Waals surface area contributed by atoms with Crippen LogP contribution in [0.15, 0.2) is 48.2 Å². The first-order chi connectivity index (χ1) is 7.66. The Balaban J connectivity index is 2.15. The van der Waals surface area contributed by atoms with Crippen molar-refractivity contribution in [2.75, 3.05) is 0 Å². The van der Waals surface area contributed by atoms with Crippen molar-refractivity contribution in [2.45, 2.75) is 19.4 Å². The number of nitrogens with zero attached hydrogens (tertiary/aromatic N) is 1. The lowest BCUT2D eigenvalue weighted by Crippen LogP contribution is -2.28. The van der Waals surface area contributed by atoms with E-state index < -0.39 is 0 Å². The molecular formula is C13H13ClFN. The quantitative estimate of drug-likeness (QED) is 0.710. The zero-order valence-corrected chi connectivity index (χ0v) is 9.78. The van der Waals surface area contributed by atoms with Gasteiger partial charge in [0.05, 0.1) is 6.04 Å². The molecule has 0 aromatic heterocycles. The second-order valence-corrected chi connectivity index (χ2v) is 4.34. The third-order valence-corrected chi connectivity index (χ3v) is 3.08. The van der Waals surface area contributed by atoms with Crippen LogP contribution < -0.4 is 0 Å². The summed E-state index contributed by atoms with van der Waals surface area (Å²) < 4.78 is 14.7. The third kappa shape index (κ3) is 2.45. The van der Waals surface area contributed by atoms with Crippen molar-refractivity contribution in [3.05, 3.63) is 59.6 Å². The van der Waals surface area contributed by atoms with Crippen molar-refractivity contribution in [3.8, 4) is 0 Å². The molecule has 0 fully saturated rings. The summed E-state index contributed by atoms with van der Waals surface area (Å²) in [7, 11) is 0. The molecule has 1 aromatic carbocycles. The largest absolute Gasteiger partial charge is 0.285 e.